The summed E-state index contributed by atoms with van der Waals surface area (Å²) in [6.07, 6.45) is 2.92. The Hall–Kier alpha value is -2.53. The monoisotopic (exact) mass is 374 g/mol. The first-order chi connectivity index (χ1) is 12.5. The molecule has 0 aromatic heterocycles. The van der Waals surface area contributed by atoms with Crippen molar-refractivity contribution in [3.8, 4) is 6.07 Å². The predicted molar refractivity (Wildman–Crippen MR) is 96.3 cm³/mol. The second kappa shape index (κ2) is 7.79. The quantitative estimate of drug-likeness (QED) is 0.828. The standard InChI is InChI=1S/C18H19FN4O2S/c19-12-6-4-11(5-7-12)14-13(10-20)16(21)26-15(14)17(24)22-18(25)23-8-2-1-3-9-23/h4-7,14-15H,1-3,8-9,21H2,(H,22,24,25). The third-order valence-electron chi connectivity index (χ3n) is 4.61. The molecule has 3 N–H and O–H groups in total. The molecule has 2 unspecified atom stereocenters. The van der Waals surface area contributed by atoms with Crippen LogP contribution < -0.4 is 11.1 Å². The van der Waals surface area contributed by atoms with Crippen molar-refractivity contribution in [3.05, 3.63) is 46.2 Å². The molecule has 2 atom stereocenters. The minimum Gasteiger partial charge on any atom is -0.393 e. The Morgan fingerprint density at radius 2 is 1.88 bits per heavy atom. The number of nitriles is 1. The molecule has 2 heterocycles. The van der Waals surface area contributed by atoms with Crippen molar-refractivity contribution in [2.45, 2.75) is 30.4 Å². The van der Waals surface area contributed by atoms with Gasteiger partial charge in [-0.05, 0) is 37.0 Å². The van der Waals surface area contributed by atoms with Gasteiger partial charge in [-0.2, -0.15) is 5.26 Å². The molecule has 26 heavy (non-hydrogen) atoms. The number of hydrogen-bond donors (Lipinski definition) is 2. The first kappa shape index (κ1) is 18.3. The summed E-state index contributed by atoms with van der Waals surface area (Å²) in [4.78, 5) is 26.6. The third-order valence-corrected chi connectivity index (χ3v) is 5.83. The van der Waals surface area contributed by atoms with E-state index < -0.39 is 28.9 Å². The Morgan fingerprint density at radius 3 is 2.50 bits per heavy atom. The Morgan fingerprint density at radius 1 is 1.23 bits per heavy atom. The molecule has 3 amide bonds. The number of hydrogen-bond acceptors (Lipinski definition) is 5. The van der Waals surface area contributed by atoms with Crippen LogP contribution in [0.1, 0.15) is 30.7 Å². The van der Waals surface area contributed by atoms with Gasteiger partial charge < -0.3 is 10.6 Å². The molecule has 1 saturated heterocycles. The normalized spacial score (nSPS) is 22.8. The minimum absolute atomic E-state index is 0.257. The van der Waals surface area contributed by atoms with Crippen molar-refractivity contribution in [3.63, 3.8) is 0 Å². The maximum absolute atomic E-state index is 13.2. The number of halogens is 1. The van der Waals surface area contributed by atoms with Crippen LogP contribution in [0.2, 0.25) is 0 Å². The van der Waals surface area contributed by atoms with E-state index in [1.165, 1.54) is 24.3 Å². The number of imide groups is 1. The second-order valence-corrected chi connectivity index (χ2v) is 7.48. The van der Waals surface area contributed by atoms with Gasteiger partial charge >= 0.3 is 6.03 Å². The lowest BCUT2D eigenvalue weighted by atomic mass is 9.88. The van der Waals surface area contributed by atoms with Crippen molar-refractivity contribution < 1.29 is 14.0 Å². The van der Waals surface area contributed by atoms with Gasteiger partial charge in [-0.15, -0.1) is 0 Å². The Labute approximate surface area is 155 Å². The van der Waals surface area contributed by atoms with E-state index in [0.717, 1.165) is 31.0 Å². The van der Waals surface area contributed by atoms with E-state index in [1.807, 2.05) is 6.07 Å². The molecule has 2 aliphatic heterocycles. The molecule has 1 aromatic carbocycles. The lowest BCUT2D eigenvalue weighted by molar-refractivity contribution is -0.119. The van der Waals surface area contributed by atoms with Crippen LogP contribution in [-0.4, -0.2) is 35.2 Å². The zero-order valence-corrected chi connectivity index (χ0v) is 14.9. The number of piperidine rings is 1. The van der Waals surface area contributed by atoms with Gasteiger partial charge in [-0.1, -0.05) is 23.9 Å². The first-order valence-corrected chi connectivity index (χ1v) is 9.31. The molecule has 0 aliphatic carbocycles. The number of likely N-dealkylation sites (tertiary alicyclic amines) is 1. The summed E-state index contributed by atoms with van der Waals surface area (Å²) in [6, 6.07) is 7.24. The molecule has 6 nitrogen and oxygen atoms in total. The summed E-state index contributed by atoms with van der Waals surface area (Å²) in [5.74, 6) is -1.51. The highest BCUT2D eigenvalue weighted by Gasteiger charge is 2.41. The summed E-state index contributed by atoms with van der Waals surface area (Å²) in [6.45, 7) is 1.25. The Kier molecular flexibility index (Phi) is 5.47. The molecule has 0 saturated carbocycles. The topological polar surface area (TPSA) is 99.2 Å². The number of nitrogens with one attached hydrogen (secondary N) is 1. The molecule has 0 spiro atoms. The molecular weight excluding hydrogens is 355 g/mol. The number of rotatable bonds is 2. The number of carbonyl (C=O) groups is 2. The molecule has 1 fully saturated rings. The fraction of sp³-hybridized carbons (Fsp3) is 0.389. The lowest BCUT2D eigenvalue weighted by Crippen LogP contribution is -2.48. The van der Waals surface area contributed by atoms with Crippen molar-refractivity contribution in [2.24, 2.45) is 5.73 Å². The molecule has 3 rings (SSSR count). The molecule has 1 aromatic rings. The van der Waals surface area contributed by atoms with Gasteiger partial charge in [0.05, 0.1) is 16.7 Å². The van der Waals surface area contributed by atoms with E-state index in [9.17, 15) is 19.2 Å². The van der Waals surface area contributed by atoms with Crippen LogP contribution in [0.3, 0.4) is 0 Å². The van der Waals surface area contributed by atoms with Gasteiger partial charge in [0.1, 0.15) is 11.1 Å². The SMILES string of the molecule is N#CC1=C(N)SC(C(=O)NC(=O)N2CCCCC2)C1c1ccc(F)cc1. The molecule has 2 aliphatic rings. The Balaban J connectivity index is 1.79. The van der Waals surface area contributed by atoms with Crippen molar-refractivity contribution in [1.82, 2.24) is 10.2 Å². The van der Waals surface area contributed by atoms with E-state index in [4.69, 9.17) is 5.73 Å². The maximum Gasteiger partial charge on any atom is 0.324 e. The average molecular weight is 374 g/mol. The number of nitrogens with two attached hydrogens (primary N) is 1. The third kappa shape index (κ3) is 3.68. The highest BCUT2D eigenvalue weighted by molar-refractivity contribution is 8.04. The van der Waals surface area contributed by atoms with Crippen LogP contribution in [0, 0.1) is 17.1 Å². The van der Waals surface area contributed by atoms with E-state index >= 15 is 0 Å². The van der Waals surface area contributed by atoms with Crippen molar-refractivity contribution in [1.29, 1.82) is 5.26 Å². The van der Waals surface area contributed by atoms with Crippen molar-refractivity contribution in [2.75, 3.05) is 13.1 Å². The number of amides is 3. The van der Waals surface area contributed by atoms with Crippen LogP contribution in [0.15, 0.2) is 34.9 Å². The van der Waals surface area contributed by atoms with E-state index in [2.05, 4.69) is 5.32 Å². The van der Waals surface area contributed by atoms with Crippen molar-refractivity contribution >= 4 is 23.7 Å². The smallest absolute Gasteiger partial charge is 0.324 e. The van der Waals surface area contributed by atoms with Gasteiger partial charge in [0.2, 0.25) is 5.91 Å². The number of nitrogens with zero attached hydrogens (tertiary/aromatic N) is 2. The van der Waals surface area contributed by atoms with Crippen LogP contribution in [-0.2, 0) is 4.79 Å². The molecule has 0 bridgehead atoms. The summed E-state index contributed by atoms with van der Waals surface area (Å²) < 4.78 is 13.2. The first-order valence-electron chi connectivity index (χ1n) is 8.43. The van der Waals surface area contributed by atoms with Crippen LogP contribution in [0.25, 0.3) is 0 Å². The zero-order chi connectivity index (χ0) is 18.7. The number of thioether (sulfide) groups is 1. The van der Waals surface area contributed by atoms with Gasteiger partial charge in [0, 0.05) is 19.0 Å². The van der Waals surface area contributed by atoms with Gasteiger partial charge in [0.15, 0.2) is 0 Å². The molecular formula is C18H19FN4O2S. The number of allylic oxidation sites excluding steroid dienone is 1. The lowest BCUT2D eigenvalue weighted by Gasteiger charge is -2.27. The summed E-state index contributed by atoms with van der Waals surface area (Å²) >= 11 is 1.06. The van der Waals surface area contributed by atoms with Gasteiger partial charge in [-0.3, -0.25) is 10.1 Å². The Bertz CT molecular complexity index is 781. The second-order valence-electron chi connectivity index (χ2n) is 6.30. The van der Waals surface area contributed by atoms with E-state index in [1.54, 1.807) is 4.90 Å². The van der Waals surface area contributed by atoms with E-state index in [-0.39, 0.29) is 10.6 Å². The van der Waals surface area contributed by atoms with Gasteiger partial charge in [-0.25, -0.2) is 9.18 Å². The van der Waals surface area contributed by atoms with Crippen LogP contribution >= 0.6 is 11.8 Å². The van der Waals surface area contributed by atoms with Crippen LogP contribution in [0.5, 0.6) is 0 Å². The predicted octanol–water partition coefficient (Wildman–Crippen LogP) is 2.44. The molecule has 0 radical (unpaired) electrons. The van der Waals surface area contributed by atoms with Gasteiger partial charge in [0.25, 0.3) is 0 Å². The number of urea groups is 1. The fourth-order valence-electron chi connectivity index (χ4n) is 3.27. The zero-order valence-electron chi connectivity index (χ0n) is 14.1. The van der Waals surface area contributed by atoms with Crippen LogP contribution in [0.4, 0.5) is 9.18 Å². The summed E-state index contributed by atoms with van der Waals surface area (Å²) in [5.41, 5.74) is 6.80. The highest BCUT2D eigenvalue weighted by atomic mass is 32.2. The molecule has 8 heteroatoms. The summed E-state index contributed by atoms with van der Waals surface area (Å²) in [5, 5.41) is 11.4. The fourth-order valence-corrected chi connectivity index (χ4v) is 4.44. The molecule has 136 valence electrons. The average Bonchev–Trinajstić information content (AvgIpc) is 2.99. The highest BCUT2D eigenvalue weighted by Crippen LogP contribution is 2.45. The maximum atomic E-state index is 13.2. The number of carbonyl (C=O) groups excluding carboxylic acids is 2. The summed E-state index contributed by atoms with van der Waals surface area (Å²) in [7, 11) is 0. The largest absolute Gasteiger partial charge is 0.393 e. The number of benzene rings is 1. The van der Waals surface area contributed by atoms with E-state index in [0.29, 0.717) is 18.7 Å². The minimum atomic E-state index is -0.746.